The lowest BCUT2D eigenvalue weighted by Crippen LogP contribution is -2.33. The van der Waals surface area contributed by atoms with Crippen LogP contribution >= 0.6 is 0 Å². The Morgan fingerprint density at radius 2 is 1.90 bits per heavy atom. The molecule has 0 fully saturated rings. The molecule has 0 heterocycles. The zero-order valence-electron chi connectivity index (χ0n) is 11.5. The van der Waals surface area contributed by atoms with Gasteiger partial charge in [0.05, 0.1) is 0 Å². The molecule has 0 aliphatic rings. The van der Waals surface area contributed by atoms with Gasteiger partial charge in [-0.2, -0.15) is 13.2 Å². The zero-order valence-corrected chi connectivity index (χ0v) is 11.5. The average Bonchev–Trinajstić information content (AvgIpc) is 2.41. The van der Waals surface area contributed by atoms with Crippen molar-refractivity contribution in [1.29, 1.82) is 0 Å². The van der Waals surface area contributed by atoms with E-state index in [1.54, 1.807) is 0 Å². The van der Waals surface area contributed by atoms with Gasteiger partial charge in [0.2, 0.25) is 5.91 Å². The van der Waals surface area contributed by atoms with E-state index in [1.807, 2.05) is 35.6 Å². The smallest absolute Gasteiger partial charge is 0.347 e. The number of carbonyl (C=O) groups excluding carboxylic acids is 1. The zero-order chi connectivity index (χ0) is 15.0. The molecule has 0 saturated heterocycles. The summed E-state index contributed by atoms with van der Waals surface area (Å²) in [6.07, 6.45) is -1.85. The van der Waals surface area contributed by atoms with Crippen molar-refractivity contribution in [2.24, 2.45) is 0 Å². The molecule has 1 N–H and O–H groups in total. The summed E-state index contributed by atoms with van der Waals surface area (Å²) in [5, 5.41) is 1.89. The fourth-order valence-electron chi connectivity index (χ4n) is 2.13. The van der Waals surface area contributed by atoms with Crippen LogP contribution in [0.5, 0.6) is 0 Å². The Morgan fingerprint density at radius 1 is 1.25 bits per heavy atom. The van der Waals surface area contributed by atoms with Gasteiger partial charge in [-0.25, -0.2) is 0 Å². The van der Waals surface area contributed by atoms with Crippen molar-refractivity contribution in [3.05, 3.63) is 35.9 Å². The van der Waals surface area contributed by atoms with E-state index in [4.69, 9.17) is 0 Å². The van der Waals surface area contributed by atoms with Gasteiger partial charge in [-0.3, -0.25) is 4.79 Å². The Labute approximate surface area is 117 Å². The van der Waals surface area contributed by atoms with Gasteiger partial charge in [0.25, 0.3) is 0 Å². The fraction of sp³-hybridized carbons (Fsp3) is 0.533. The van der Waals surface area contributed by atoms with Crippen molar-refractivity contribution in [3.63, 3.8) is 0 Å². The van der Waals surface area contributed by atoms with Gasteiger partial charge in [0, 0.05) is 6.42 Å². The molecule has 0 radical (unpaired) electrons. The monoisotopic (exact) mass is 287 g/mol. The number of benzene rings is 1. The largest absolute Gasteiger partial charge is 0.405 e. The molecular formula is C15H20F3NO. The molecule has 5 heteroatoms. The molecule has 1 aromatic carbocycles. The summed E-state index contributed by atoms with van der Waals surface area (Å²) in [7, 11) is 0. The summed E-state index contributed by atoms with van der Waals surface area (Å²) in [4.78, 5) is 11.3. The van der Waals surface area contributed by atoms with Crippen molar-refractivity contribution in [1.82, 2.24) is 5.32 Å². The van der Waals surface area contributed by atoms with E-state index in [0.29, 0.717) is 12.3 Å². The van der Waals surface area contributed by atoms with Crippen LogP contribution < -0.4 is 5.32 Å². The van der Waals surface area contributed by atoms with Crippen molar-refractivity contribution in [2.45, 2.75) is 44.7 Å². The fourth-order valence-corrected chi connectivity index (χ4v) is 2.13. The molecule has 1 aromatic rings. The molecule has 1 amide bonds. The number of hydrogen-bond donors (Lipinski definition) is 1. The second-order valence-electron chi connectivity index (χ2n) is 4.80. The van der Waals surface area contributed by atoms with E-state index in [-0.39, 0.29) is 6.42 Å². The minimum atomic E-state index is -4.34. The first-order valence-electron chi connectivity index (χ1n) is 6.80. The highest BCUT2D eigenvalue weighted by Crippen LogP contribution is 2.25. The topological polar surface area (TPSA) is 29.1 Å². The summed E-state index contributed by atoms with van der Waals surface area (Å²) in [6.45, 7) is 0.823. The number of halogens is 3. The standard InChI is InChI=1S/C15H20F3NO/c1-2-12(13-7-4-3-5-8-13)9-6-10-14(20)19-11-15(16,17)18/h3-5,7-8,12H,2,6,9-11H2,1H3,(H,19,20). The molecular weight excluding hydrogens is 267 g/mol. The Kier molecular flexibility index (Phi) is 6.55. The maximum atomic E-state index is 11.9. The van der Waals surface area contributed by atoms with Crippen LogP contribution in [0.25, 0.3) is 0 Å². The van der Waals surface area contributed by atoms with Crippen LogP contribution in [0.3, 0.4) is 0 Å². The highest BCUT2D eigenvalue weighted by Gasteiger charge is 2.27. The lowest BCUT2D eigenvalue weighted by molar-refractivity contribution is -0.138. The minimum Gasteiger partial charge on any atom is -0.347 e. The molecule has 0 aliphatic carbocycles. The first kappa shape index (κ1) is 16.5. The molecule has 1 unspecified atom stereocenters. The van der Waals surface area contributed by atoms with E-state index in [1.165, 1.54) is 5.56 Å². The SMILES string of the molecule is CCC(CCCC(=O)NCC(F)(F)F)c1ccccc1. The van der Waals surface area contributed by atoms with E-state index >= 15 is 0 Å². The Morgan fingerprint density at radius 3 is 2.45 bits per heavy atom. The van der Waals surface area contributed by atoms with Crippen molar-refractivity contribution < 1.29 is 18.0 Å². The number of carbonyl (C=O) groups is 1. The lowest BCUT2D eigenvalue weighted by Gasteiger charge is -2.15. The van der Waals surface area contributed by atoms with Crippen LogP contribution in [0.15, 0.2) is 30.3 Å². The van der Waals surface area contributed by atoms with Gasteiger partial charge in [-0.05, 0) is 30.7 Å². The predicted molar refractivity (Wildman–Crippen MR) is 72.4 cm³/mol. The van der Waals surface area contributed by atoms with Crippen LogP contribution in [-0.2, 0) is 4.79 Å². The number of rotatable bonds is 7. The normalized spacial score (nSPS) is 13.0. The van der Waals surface area contributed by atoms with Crippen LogP contribution in [0.1, 0.15) is 44.1 Å². The second kappa shape index (κ2) is 7.92. The highest BCUT2D eigenvalue weighted by atomic mass is 19.4. The molecule has 1 atom stereocenters. The number of alkyl halides is 3. The quantitative estimate of drug-likeness (QED) is 0.806. The molecule has 0 aromatic heterocycles. The minimum absolute atomic E-state index is 0.138. The van der Waals surface area contributed by atoms with Gasteiger partial charge in [-0.15, -0.1) is 0 Å². The van der Waals surface area contributed by atoms with E-state index in [2.05, 4.69) is 6.92 Å². The summed E-state index contributed by atoms with van der Waals surface area (Å²) in [5.41, 5.74) is 1.21. The van der Waals surface area contributed by atoms with Gasteiger partial charge in [0.1, 0.15) is 6.54 Å². The molecule has 2 nitrogen and oxygen atoms in total. The molecule has 0 bridgehead atoms. The molecule has 1 rings (SSSR count). The summed E-state index contributed by atoms with van der Waals surface area (Å²) < 4.78 is 35.8. The third-order valence-electron chi connectivity index (χ3n) is 3.21. The molecule has 112 valence electrons. The van der Waals surface area contributed by atoms with Crippen molar-refractivity contribution >= 4 is 5.91 Å². The van der Waals surface area contributed by atoms with Crippen LogP contribution in [0, 0.1) is 0 Å². The van der Waals surface area contributed by atoms with Gasteiger partial charge < -0.3 is 5.32 Å². The summed E-state index contributed by atoms with van der Waals surface area (Å²) in [5.74, 6) is -0.183. The van der Waals surface area contributed by atoms with Crippen LogP contribution in [0.2, 0.25) is 0 Å². The maximum Gasteiger partial charge on any atom is 0.405 e. The van der Waals surface area contributed by atoms with Crippen LogP contribution in [0.4, 0.5) is 13.2 Å². The number of amides is 1. The van der Waals surface area contributed by atoms with E-state index in [0.717, 1.165) is 12.8 Å². The third kappa shape index (κ3) is 6.59. The Hall–Kier alpha value is -1.52. The molecule has 20 heavy (non-hydrogen) atoms. The first-order chi connectivity index (χ1) is 9.42. The predicted octanol–water partition coefficient (Wildman–Crippen LogP) is 4.03. The highest BCUT2D eigenvalue weighted by molar-refractivity contribution is 5.75. The third-order valence-corrected chi connectivity index (χ3v) is 3.21. The molecule has 0 aliphatic heterocycles. The summed E-state index contributed by atoms with van der Waals surface area (Å²) in [6, 6.07) is 9.96. The molecule has 0 spiro atoms. The number of hydrogen-bond acceptors (Lipinski definition) is 1. The molecule has 0 saturated carbocycles. The van der Waals surface area contributed by atoms with Crippen molar-refractivity contribution in [2.75, 3.05) is 6.54 Å². The second-order valence-corrected chi connectivity index (χ2v) is 4.80. The number of nitrogens with one attached hydrogen (secondary N) is 1. The lowest BCUT2D eigenvalue weighted by atomic mass is 9.91. The van der Waals surface area contributed by atoms with E-state index in [9.17, 15) is 18.0 Å². The maximum absolute atomic E-state index is 11.9. The summed E-state index contributed by atoms with van der Waals surface area (Å²) >= 11 is 0. The Bertz CT molecular complexity index is 403. The Balaban J connectivity index is 2.30. The van der Waals surface area contributed by atoms with Crippen molar-refractivity contribution in [3.8, 4) is 0 Å². The van der Waals surface area contributed by atoms with Gasteiger partial charge in [0.15, 0.2) is 0 Å². The van der Waals surface area contributed by atoms with E-state index < -0.39 is 18.6 Å². The first-order valence-corrected chi connectivity index (χ1v) is 6.80. The van der Waals surface area contributed by atoms with Gasteiger partial charge in [-0.1, -0.05) is 37.3 Å². The average molecular weight is 287 g/mol. The van der Waals surface area contributed by atoms with Crippen LogP contribution in [-0.4, -0.2) is 18.6 Å². The van der Waals surface area contributed by atoms with Gasteiger partial charge >= 0.3 is 6.18 Å².